The van der Waals surface area contributed by atoms with Gasteiger partial charge in [0.05, 0.1) is 5.56 Å². The van der Waals surface area contributed by atoms with Crippen LogP contribution in [-0.4, -0.2) is 17.1 Å². The van der Waals surface area contributed by atoms with E-state index < -0.39 is 0 Å². The summed E-state index contributed by atoms with van der Waals surface area (Å²) in [5, 5.41) is 0. The number of unbranched alkanes of at least 4 members (excludes halogenated alkanes) is 4. The molecule has 0 aromatic carbocycles. The molecule has 1 heterocycles. The average molecular weight is 277 g/mol. The normalized spacial score (nSPS) is 12.1. The molecule has 1 atom stereocenters. The number of nitrogens with zero attached hydrogens (tertiary/aromatic N) is 1. The Morgan fingerprint density at radius 1 is 1.15 bits per heavy atom. The van der Waals surface area contributed by atoms with Gasteiger partial charge in [0, 0.05) is 12.4 Å². The van der Waals surface area contributed by atoms with E-state index in [1.807, 2.05) is 0 Å². The topological polar surface area (TPSA) is 39.2 Å². The lowest BCUT2D eigenvalue weighted by atomic mass is 10.0. The van der Waals surface area contributed by atoms with Crippen LogP contribution in [0.4, 0.5) is 0 Å². The smallest absolute Gasteiger partial charge is 0.339 e. The minimum atomic E-state index is -0.241. The maximum Gasteiger partial charge on any atom is 0.339 e. The van der Waals surface area contributed by atoms with E-state index in [0.717, 1.165) is 32.1 Å². The highest BCUT2D eigenvalue weighted by atomic mass is 16.5. The van der Waals surface area contributed by atoms with Gasteiger partial charge in [0.1, 0.15) is 6.10 Å². The van der Waals surface area contributed by atoms with E-state index in [2.05, 4.69) is 18.8 Å². The molecule has 3 nitrogen and oxygen atoms in total. The second kappa shape index (κ2) is 10.4. The zero-order chi connectivity index (χ0) is 14.6. The number of hydrogen-bond donors (Lipinski definition) is 0. The first-order valence-electron chi connectivity index (χ1n) is 7.89. The van der Waals surface area contributed by atoms with Crippen LogP contribution in [-0.2, 0) is 4.74 Å². The molecule has 0 aliphatic carbocycles. The molecule has 0 fully saturated rings. The third-order valence-corrected chi connectivity index (χ3v) is 3.43. The molecule has 0 N–H and O–H groups in total. The maximum absolute atomic E-state index is 12.0. The van der Waals surface area contributed by atoms with Crippen molar-refractivity contribution in [3.8, 4) is 0 Å². The molecule has 0 radical (unpaired) electrons. The zero-order valence-electron chi connectivity index (χ0n) is 12.8. The van der Waals surface area contributed by atoms with Crippen molar-refractivity contribution < 1.29 is 9.53 Å². The molecule has 0 saturated heterocycles. The largest absolute Gasteiger partial charge is 0.459 e. The SMILES string of the molecule is CCCCCCC(CCCC)OC(=O)c1cccnc1. The van der Waals surface area contributed by atoms with E-state index >= 15 is 0 Å². The van der Waals surface area contributed by atoms with Crippen molar-refractivity contribution in [2.24, 2.45) is 0 Å². The van der Waals surface area contributed by atoms with Crippen LogP contribution in [0.3, 0.4) is 0 Å². The first kappa shape index (κ1) is 16.7. The standard InChI is InChI=1S/C17H27NO2/c1-3-5-7-8-12-16(11-6-4-2)20-17(19)15-10-9-13-18-14-15/h9-10,13-14,16H,3-8,11-12H2,1-2H3. The lowest BCUT2D eigenvalue weighted by Gasteiger charge is -2.17. The highest BCUT2D eigenvalue weighted by molar-refractivity contribution is 5.89. The third-order valence-electron chi connectivity index (χ3n) is 3.43. The highest BCUT2D eigenvalue weighted by Crippen LogP contribution is 2.16. The Hall–Kier alpha value is -1.38. The van der Waals surface area contributed by atoms with Crippen molar-refractivity contribution in [1.82, 2.24) is 4.98 Å². The zero-order valence-corrected chi connectivity index (χ0v) is 12.8. The molecular formula is C17H27NO2. The van der Waals surface area contributed by atoms with Crippen molar-refractivity contribution in [2.75, 3.05) is 0 Å². The average Bonchev–Trinajstić information content (AvgIpc) is 2.49. The summed E-state index contributed by atoms with van der Waals surface area (Å²) in [4.78, 5) is 16.0. The molecule has 0 amide bonds. The summed E-state index contributed by atoms with van der Waals surface area (Å²) in [6, 6.07) is 3.52. The lowest BCUT2D eigenvalue weighted by molar-refractivity contribution is 0.0249. The van der Waals surface area contributed by atoms with Gasteiger partial charge >= 0.3 is 5.97 Å². The Bertz CT molecular complexity index is 365. The minimum Gasteiger partial charge on any atom is -0.459 e. The summed E-state index contributed by atoms with van der Waals surface area (Å²) in [6.45, 7) is 4.37. The number of aromatic nitrogens is 1. The number of esters is 1. The Morgan fingerprint density at radius 3 is 2.55 bits per heavy atom. The molecule has 0 spiro atoms. The molecule has 20 heavy (non-hydrogen) atoms. The first-order valence-corrected chi connectivity index (χ1v) is 7.89. The Labute approximate surface area is 122 Å². The summed E-state index contributed by atoms with van der Waals surface area (Å²) in [7, 11) is 0. The van der Waals surface area contributed by atoms with Gasteiger partial charge in [-0.25, -0.2) is 4.79 Å². The van der Waals surface area contributed by atoms with Gasteiger partial charge in [0.2, 0.25) is 0 Å². The lowest BCUT2D eigenvalue weighted by Crippen LogP contribution is -2.18. The highest BCUT2D eigenvalue weighted by Gasteiger charge is 2.15. The quantitative estimate of drug-likeness (QED) is 0.457. The van der Waals surface area contributed by atoms with Crippen LogP contribution in [0, 0.1) is 0 Å². The number of pyridine rings is 1. The molecule has 1 rings (SSSR count). The van der Waals surface area contributed by atoms with Crippen molar-refractivity contribution in [1.29, 1.82) is 0 Å². The predicted molar refractivity (Wildman–Crippen MR) is 81.7 cm³/mol. The van der Waals surface area contributed by atoms with Crippen molar-refractivity contribution in [3.63, 3.8) is 0 Å². The van der Waals surface area contributed by atoms with Crippen molar-refractivity contribution in [2.45, 2.75) is 71.3 Å². The summed E-state index contributed by atoms with van der Waals surface area (Å²) in [5.41, 5.74) is 0.544. The molecule has 0 aliphatic heterocycles. The molecule has 1 aromatic heterocycles. The van der Waals surface area contributed by atoms with Gasteiger partial charge in [0.25, 0.3) is 0 Å². The van der Waals surface area contributed by atoms with Crippen LogP contribution in [0.25, 0.3) is 0 Å². The second-order valence-corrected chi connectivity index (χ2v) is 5.26. The van der Waals surface area contributed by atoms with Gasteiger partial charge < -0.3 is 4.74 Å². The number of carbonyl (C=O) groups is 1. The van der Waals surface area contributed by atoms with Gasteiger partial charge in [0.15, 0.2) is 0 Å². The van der Waals surface area contributed by atoms with Crippen LogP contribution < -0.4 is 0 Å². The van der Waals surface area contributed by atoms with E-state index in [9.17, 15) is 4.79 Å². The van der Waals surface area contributed by atoms with Crippen LogP contribution in [0.1, 0.15) is 75.6 Å². The summed E-state index contributed by atoms with van der Waals surface area (Å²) < 4.78 is 5.64. The first-order chi connectivity index (χ1) is 9.77. The fourth-order valence-corrected chi connectivity index (χ4v) is 2.20. The Morgan fingerprint density at radius 2 is 1.90 bits per heavy atom. The minimum absolute atomic E-state index is 0.0551. The van der Waals surface area contributed by atoms with Crippen molar-refractivity contribution in [3.05, 3.63) is 30.1 Å². The van der Waals surface area contributed by atoms with Crippen LogP contribution >= 0.6 is 0 Å². The van der Waals surface area contributed by atoms with Gasteiger partial charge in [-0.3, -0.25) is 4.98 Å². The Balaban J connectivity index is 2.44. The summed E-state index contributed by atoms with van der Waals surface area (Å²) in [6.07, 6.45) is 12.3. The number of rotatable bonds is 10. The van der Waals surface area contributed by atoms with Gasteiger partial charge in [-0.2, -0.15) is 0 Å². The molecular weight excluding hydrogens is 250 g/mol. The molecule has 1 unspecified atom stereocenters. The van der Waals surface area contributed by atoms with E-state index in [-0.39, 0.29) is 12.1 Å². The molecule has 3 heteroatoms. The Kier molecular flexibility index (Phi) is 8.68. The van der Waals surface area contributed by atoms with E-state index in [1.165, 1.54) is 19.3 Å². The van der Waals surface area contributed by atoms with Gasteiger partial charge in [-0.1, -0.05) is 46.0 Å². The fraction of sp³-hybridized carbons (Fsp3) is 0.647. The maximum atomic E-state index is 12.0. The fourth-order valence-electron chi connectivity index (χ4n) is 2.20. The monoisotopic (exact) mass is 277 g/mol. The van der Waals surface area contributed by atoms with E-state index in [1.54, 1.807) is 24.5 Å². The number of ether oxygens (including phenoxy) is 1. The van der Waals surface area contributed by atoms with Gasteiger partial charge in [-0.15, -0.1) is 0 Å². The van der Waals surface area contributed by atoms with E-state index in [4.69, 9.17) is 4.74 Å². The van der Waals surface area contributed by atoms with E-state index in [0.29, 0.717) is 5.56 Å². The second-order valence-electron chi connectivity index (χ2n) is 5.26. The summed E-state index contributed by atoms with van der Waals surface area (Å²) in [5.74, 6) is -0.241. The van der Waals surface area contributed by atoms with Crippen LogP contribution in [0.2, 0.25) is 0 Å². The molecule has 0 bridgehead atoms. The van der Waals surface area contributed by atoms with Crippen LogP contribution in [0.15, 0.2) is 24.5 Å². The third kappa shape index (κ3) is 6.69. The van der Waals surface area contributed by atoms with Crippen LogP contribution in [0.5, 0.6) is 0 Å². The number of hydrogen-bond acceptors (Lipinski definition) is 3. The molecule has 112 valence electrons. The summed E-state index contributed by atoms with van der Waals surface area (Å²) >= 11 is 0. The van der Waals surface area contributed by atoms with Gasteiger partial charge in [-0.05, 0) is 31.4 Å². The molecule has 0 saturated carbocycles. The number of carbonyl (C=O) groups excluding carboxylic acids is 1. The molecule has 0 aliphatic rings. The molecule has 1 aromatic rings. The predicted octanol–water partition coefficient (Wildman–Crippen LogP) is 4.77. The van der Waals surface area contributed by atoms with Crippen molar-refractivity contribution >= 4 is 5.97 Å².